The summed E-state index contributed by atoms with van der Waals surface area (Å²) in [4.78, 5) is 23.7. The van der Waals surface area contributed by atoms with Gasteiger partial charge in [-0.1, -0.05) is 24.6 Å². The molecule has 0 aliphatic heterocycles. The first kappa shape index (κ1) is 13.0. The van der Waals surface area contributed by atoms with Gasteiger partial charge in [-0.25, -0.2) is 10.2 Å². The van der Waals surface area contributed by atoms with Crippen LogP contribution in [0.2, 0.25) is 0 Å². The van der Waals surface area contributed by atoms with Crippen molar-refractivity contribution in [2.45, 2.75) is 25.7 Å². The third kappa shape index (κ3) is 2.76. The van der Waals surface area contributed by atoms with Crippen LogP contribution in [0.4, 0.5) is 10.5 Å². The molecule has 2 aliphatic carbocycles. The fourth-order valence-electron chi connectivity index (χ4n) is 3.46. The smallest absolute Gasteiger partial charge is 0.307 e. The Kier molecular flexibility index (Phi) is 3.58. The van der Waals surface area contributed by atoms with Crippen LogP contribution in [-0.4, -0.2) is 11.9 Å². The SMILES string of the molecule is O=C(NNC(=O)C1CC2CCC1C2)Nc1ccccc1. The van der Waals surface area contributed by atoms with Crippen molar-refractivity contribution in [3.05, 3.63) is 30.3 Å². The van der Waals surface area contributed by atoms with E-state index in [2.05, 4.69) is 16.2 Å². The Balaban J connectivity index is 1.45. The minimum absolute atomic E-state index is 0.0552. The Labute approximate surface area is 118 Å². The highest BCUT2D eigenvalue weighted by atomic mass is 16.2. The van der Waals surface area contributed by atoms with Crippen molar-refractivity contribution in [3.8, 4) is 0 Å². The van der Waals surface area contributed by atoms with E-state index in [4.69, 9.17) is 0 Å². The lowest BCUT2D eigenvalue weighted by Gasteiger charge is -2.20. The van der Waals surface area contributed by atoms with Crippen molar-refractivity contribution in [1.82, 2.24) is 10.9 Å². The average molecular weight is 273 g/mol. The van der Waals surface area contributed by atoms with Crippen molar-refractivity contribution in [3.63, 3.8) is 0 Å². The molecule has 2 saturated carbocycles. The second-order valence-corrected chi connectivity index (χ2v) is 5.72. The maximum atomic E-state index is 12.0. The molecule has 3 unspecified atom stereocenters. The van der Waals surface area contributed by atoms with E-state index in [0.717, 1.165) is 12.8 Å². The zero-order valence-electron chi connectivity index (χ0n) is 11.3. The summed E-state index contributed by atoms with van der Waals surface area (Å²) in [5, 5.41) is 2.66. The van der Waals surface area contributed by atoms with Crippen LogP contribution in [0.25, 0.3) is 0 Å². The van der Waals surface area contributed by atoms with Gasteiger partial charge in [0, 0.05) is 11.6 Å². The number of urea groups is 1. The molecule has 0 spiro atoms. The second kappa shape index (κ2) is 5.53. The topological polar surface area (TPSA) is 70.2 Å². The van der Waals surface area contributed by atoms with Crippen molar-refractivity contribution in [1.29, 1.82) is 0 Å². The van der Waals surface area contributed by atoms with Gasteiger partial charge in [0.05, 0.1) is 0 Å². The lowest BCUT2D eigenvalue weighted by Crippen LogP contribution is -2.47. The number of hydrogen-bond acceptors (Lipinski definition) is 2. The number of carbonyl (C=O) groups excluding carboxylic acids is 2. The van der Waals surface area contributed by atoms with E-state index >= 15 is 0 Å². The van der Waals surface area contributed by atoms with E-state index in [0.29, 0.717) is 17.5 Å². The first-order chi connectivity index (χ1) is 9.72. The molecular formula is C15H19N3O2. The van der Waals surface area contributed by atoms with Gasteiger partial charge in [-0.15, -0.1) is 0 Å². The van der Waals surface area contributed by atoms with Gasteiger partial charge in [-0.2, -0.15) is 0 Å². The summed E-state index contributed by atoms with van der Waals surface area (Å²) >= 11 is 0. The van der Waals surface area contributed by atoms with Gasteiger partial charge >= 0.3 is 6.03 Å². The average Bonchev–Trinajstić information content (AvgIpc) is 3.08. The van der Waals surface area contributed by atoms with E-state index in [-0.39, 0.29) is 11.8 Å². The van der Waals surface area contributed by atoms with Crippen LogP contribution in [-0.2, 0) is 4.79 Å². The highest BCUT2D eigenvalue weighted by molar-refractivity contribution is 5.91. The number of nitrogens with one attached hydrogen (secondary N) is 3. The van der Waals surface area contributed by atoms with Gasteiger partial charge < -0.3 is 5.32 Å². The number of hydrogen-bond donors (Lipinski definition) is 3. The summed E-state index contributed by atoms with van der Waals surface area (Å²) in [5.41, 5.74) is 5.64. The fraction of sp³-hybridized carbons (Fsp3) is 0.467. The Hall–Kier alpha value is -2.04. The summed E-state index contributed by atoms with van der Waals surface area (Å²) in [6, 6.07) is 8.70. The zero-order chi connectivity index (χ0) is 13.9. The molecule has 2 fully saturated rings. The third-order valence-electron chi connectivity index (χ3n) is 4.41. The monoisotopic (exact) mass is 273 g/mol. The predicted octanol–water partition coefficient (Wildman–Crippen LogP) is 2.28. The van der Waals surface area contributed by atoms with E-state index in [1.807, 2.05) is 18.2 Å². The Morgan fingerprint density at radius 1 is 1.00 bits per heavy atom. The lowest BCUT2D eigenvalue weighted by molar-refractivity contribution is -0.127. The van der Waals surface area contributed by atoms with Crippen molar-refractivity contribution < 1.29 is 9.59 Å². The molecule has 0 heterocycles. The second-order valence-electron chi connectivity index (χ2n) is 5.72. The zero-order valence-corrected chi connectivity index (χ0v) is 11.3. The first-order valence-corrected chi connectivity index (χ1v) is 7.14. The molecule has 0 saturated heterocycles. The van der Waals surface area contributed by atoms with Crippen LogP contribution in [0, 0.1) is 17.8 Å². The number of anilines is 1. The summed E-state index contributed by atoms with van der Waals surface area (Å²) in [7, 11) is 0. The van der Waals surface area contributed by atoms with Crippen LogP contribution in [0.3, 0.4) is 0 Å². The number of fused-ring (bicyclic) bond motifs is 2. The molecular weight excluding hydrogens is 254 g/mol. The van der Waals surface area contributed by atoms with Crippen molar-refractivity contribution in [2.75, 3.05) is 5.32 Å². The van der Waals surface area contributed by atoms with Crippen molar-refractivity contribution in [2.24, 2.45) is 17.8 Å². The fourth-order valence-corrected chi connectivity index (χ4v) is 3.46. The largest absolute Gasteiger partial charge is 0.337 e. The van der Waals surface area contributed by atoms with Gasteiger partial charge in [0.15, 0.2) is 0 Å². The van der Waals surface area contributed by atoms with Gasteiger partial charge in [-0.3, -0.25) is 10.2 Å². The van der Waals surface area contributed by atoms with E-state index in [1.165, 1.54) is 12.8 Å². The standard InChI is InChI=1S/C15H19N3O2/c19-14(13-9-10-6-7-11(13)8-10)17-18-15(20)16-12-4-2-1-3-5-12/h1-5,10-11,13H,6-9H2,(H,17,19)(H2,16,18,20). The number of benzene rings is 1. The number of carbonyl (C=O) groups is 2. The number of hydrazine groups is 1. The summed E-state index contributed by atoms with van der Waals surface area (Å²) < 4.78 is 0. The lowest BCUT2D eigenvalue weighted by atomic mass is 9.88. The van der Waals surface area contributed by atoms with Crippen LogP contribution in [0.15, 0.2) is 30.3 Å². The highest BCUT2D eigenvalue weighted by Gasteiger charge is 2.43. The molecule has 5 nitrogen and oxygen atoms in total. The quantitative estimate of drug-likeness (QED) is 0.723. The molecule has 0 radical (unpaired) electrons. The highest BCUT2D eigenvalue weighted by Crippen LogP contribution is 2.48. The first-order valence-electron chi connectivity index (χ1n) is 7.14. The van der Waals surface area contributed by atoms with Gasteiger partial charge in [-0.05, 0) is 43.2 Å². The minimum atomic E-state index is -0.423. The van der Waals surface area contributed by atoms with Gasteiger partial charge in [0.1, 0.15) is 0 Å². The summed E-state index contributed by atoms with van der Waals surface area (Å²) in [5.74, 6) is 1.25. The molecule has 20 heavy (non-hydrogen) atoms. The van der Waals surface area contributed by atoms with Crippen LogP contribution < -0.4 is 16.2 Å². The Bertz CT molecular complexity index is 503. The van der Waals surface area contributed by atoms with E-state index < -0.39 is 6.03 Å². The molecule has 1 aromatic carbocycles. The molecule has 3 N–H and O–H groups in total. The molecule has 3 rings (SSSR count). The summed E-state index contributed by atoms with van der Waals surface area (Å²) in [6.45, 7) is 0. The predicted molar refractivity (Wildman–Crippen MR) is 75.7 cm³/mol. The number of para-hydroxylation sites is 1. The Morgan fingerprint density at radius 2 is 1.80 bits per heavy atom. The minimum Gasteiger partial charge on any atom is -0.307 e. The molecule has 1 aromatic rings. The van der Waals surface area contributed by atoms with Gasteiger partial charge in [0.2, 0.25) is 5.91 Å². The molecule has 5 heteroatoms. The molecule has 0 aromatic heterocycles. The number of amides is 3. The maximum Gasteiger partial charge on any atom is 0.337 e. The molecule has 3 amide bonds. The van der Waals surface area contributed by atoms with Crippen LogP contribution in [0.1, 0.15) is 25.7 Å². The van der Waals surface area contributed by atoms with Gasteiger partial charge in [0.25, 0.3) is 0 Å². The maximum absolute atomic E-state index is 12.0. The van der Waals surface area contributed by atoms with Crippen LogP contribution >= 0.6 is 0 Å². The molecule has 2 aliphatic rings. The third-order valence-corrected chi connectivity index (χ3v) is 4.41. The van der Waals surface area contributed by atoms with E-state index in [9.17, 15) is 9.59 Å². The van der Waals surface area contributed by atoms with Crippen LogP contribution in [0.5, 0.6) is 0 Å². The van der Waals surface area contributed by atoms with Crippen molar-refractivity contribution >= 4 is 17.6 Å². The summed E-state index contributed by atoms with van der Waals surface area (Å²) in [6.07, 6.45) is 4.56. The Morgan fingerprint density at radius 3 is 2.45 bits per heavy atom. The molecule has 106 valence electrons. The number of rotatable bonds is 2. The molecule has 2 bridgehead atoms. The molecule has 3 atom stereocenters. The normalized spacial score (nSPS) is 27.1. The van der Waals surface area contributed by atoms with E-state index in [1.54, 1.807) is 12.1 Å².